The zero-order valence-electron chi connectivity index (χ0n) is 16.2. The largest absolute Gasteiger partial charge is 0.508 e. The molecule has 8 N–H and O–H groups in total. The summed E-state index contributed by atoms with van der Waals surface area (Å²) in [4.78, 5) is 52.5. The predicted molar refractivity (Wildman–Crippen MR) is 102 cm³/mol. The second-order valence-corrected chi connectivity index (χ2v) is 11.9. The van der Waals surface area contributed by atoms with E-state index in [-0.39, 0.29) is 24.2 Å². The highest BCUT2D eigenvalue weighted by Gasteiger charge is 2.78. The average molecular weight is 533 g/mol. The lowest BCUT2D eigenvalue weighted by Crippen LogP contribution is -2.34. The number of hydrogen-bond donors (Lipinski definition) is 7. The van der Waals surface area contributed by atoms with Gasteiger partial charge in [0.1, 0.15) is 11.8 Å². The number of aliphatic hydroxyl groups excluding tert-OH is 2. The Kier molecular flexibility index (Phi) is 5.87. The third kappa shape index (κ3) is 4.39. The van der Waals surface area contributed by atoms with Gasteiger partial charge >= 0.3 is 23.5 Å². The van der Waals surface area contributed by atoms with Crippen LogP contribution >= 0.6 is 23.5 Å². The van der Waals surface area contributed by atoms with Gasteiger partial charge in [-0.3, -0.25) is 0 Å². The number of fused-ring (bicyclic) bond motifs is 2. The SMILES string of the molecule is Nc1ncnc2c1ncn2C12CC(O)C(O)C1(COOP(=O)(O)OP(=O)(O)OP(=O)(O)O)C2. The quantitative estimate of drug-likeness (QED) is 0.114. The summed E-state index contributed by atoms with van der Waals surface area (Å²) in [5.41, 5.74) is 4.11. The van der Waals surface area contributed by atoms with Crippen LogP contribution in [0.4, 0.5) is 5.82 Å². The molecule has 0 radical (unpaired) electrons. The number of aliphatic hydroxyl groups is 2. The topological polar surface area (TPSA) is 279 Å². The summed E-state index contributed by atoms with van der Waals surface area (Å²) < 4.78 is 46.7. The van der Waals surface area contributed by atoms with Crippen LogP contribution in [0.3, 0.4) is 0 Å². The fourth-order valence-corrected chi connectivity index (χ4v) is 7.11. The zero-order valence-corrected chi connectivity index (χ0v) is 18.9. The van der Waals surface area contributed by atoms with Crippen molar-refractivity contribution in [2.45, 2.75) is 30.6 Å². The maximum absolute atomic E-state index is 11.8. The van der Waals surface area contributed by atoms with Gasteiger partial charge in [-0.25, -0.2) is 33.5 Å². The van der Waals surface area contributed by atoms with Crippen LogP contribution in [-0.4, -0.2) is 68.1 Å². The first-order chi connectivity index (χ1) is 15.1. The standard InChI is InChI=1S/C12H18N5O13P3/c13-9-7-10(15-4-14-9)17(5-16-7)12-1-6(18)8(19)11(12,2-12)3-27-28-32(23,24)30-33(25,26)29-31(20,21)22/h4-6,8,18-19H,1-3H2,(H,23,24)(H,25,26)(H2,13,14,15)(H2,20,21,22). The van der Waals surface area contributed by atoms with Crippen molar-refractivity contribution in [1.82, 2.24) is 19.5 Å². The highest BCUT2D eigenvalue weighted by atomic mass is 31.3. The van der Waals surface area contributed by atoms with Crippen molar-refractivity contribution in [2.75, 3.05) is 12.3 Å². The van der Waals surface area contributed by atoms with Gasteiger partial charge in [0.2, 0.25) is 0 Å². The number of hydrogen-bond acceptors (Lipinski definition) is 13. The van der Waals surface area contributed by atoms with Gasteiger partial charge in [0.15, 0.2) is 11.5 Å². The van der Waals surface area contributed by atoms with Crippen LogP contribution in [0.1, 0.15) is 12.8 Å². The van der Waals surface area contributed by atoms with E-state index in [0.717, 1.165) is 0 Å². The Balaban J connectivity index is 1.51. The van der Waals surface area contributed by atoms with Crippen LogP contribution in [0.15, 0.2) is 12.7 Å². The van der Waals surface area contributed by atoms with Crippen molar-refractivity contribution in [1.29, 1.82) is 0 Å². The van der Waals surface area contributed by atoms with Crippen LogP contribution in [0.2, 0.25) is 0 Å². The lowest BCUT2D eigenvalue weighted by molar-refractivity contribution is -0.241. The maximum atomic E-state index is 11.8. The molecule has 0 spiro atoms. The minimum atomic E-state index is -5.72. The summed E-state index contributed by atoms with van der Waals surface area (Å²) in [5.74, 6) is 0.101. The molecule has 2 aromatic rings. The molecule has 2 aliphatic rings. The van der Waals surface area contributed by atoms with Crippen molar-refractivity contribution < 1.29 is 61.7 Å². The summed E-state index contributed by atoms with van der Waals surface area (Å²) in [5, 5.41) is 20.8. The van der Waals surface area contributed by atoms with Crippen molar-refractivity contribution in [3.05, 3.63) is 12.7 Å². The Labute approximate surface area is 183 Å². The van der Waals surface area contributed by atoms with Crippen LogP contribution in [-0.2, 0) is 37.4 Å². The molecule has 2 aromatic heterocycles. The fourth-order valence-electron chi connectivity index (χ4n) is 4.31. The molecule has 2 heterocycles. The van der Waals surface area contributed by atoms with Gasteiger partial charge in [-0.2, -0.15) is 8.62 Å². The first kappa shape index (κ1) is 24.8. The molecule has 33 heavy (non-hydrogen) atoms. The van der Waals surface area contributed by atoms with E-state index in [0.29, 0.717) is 5.65 Å². The van der Waals surface area contributed by atoms with Gasteiger partial charge in [-0.15, -0.1) is 4.67 Å². The van der Waals surface area contributed by atoms with Gasteiger partial charge in [0.05, 0.1) is 36.1 Å². The van der Waals surface area contributed by atoms with Gasteiger partial charge in [0.25, 0.3) is 0 Å². The summed E-state index contributed by atoms with van der Waals surface area (Å²) >= 11 is 0. The molecular formula is C12H18N5O13P3. The number of nitrogen functional groups attached to an aromatic ring is 1. The van der Waals surface area contributed by atoms with Crippen molar-refractivity contribution in [2.24, 2.45) is 5.41 Å². The number of rotatable bonds is 9. The molecule has 2 aliphatic carbocycles. The number of nitrogens with zero attached hydrogens (tertiary/aromatic N) is 4. The number of anilines is 1. The van der Waals surface area contributed by atoms with E-state index < -0.39 is 53.2 Å². The van der Waals surface area contributed by atoms with E-state index in [4.69, 9.17) is 25.3 Å². The summed E-state index contributed by atoms with van der Waals surface area (Å²) in [6.07, 6.45) is 0.203. The number of aromatic nitrogens is 4. The van der Waals surface area contributed by atoms with Crippen LogP contribution in [0.25, 0.3) is 11.2 Å². The molecule has 6 atom stereocenters. The average Bonchev–Trinajstić information content (AvgIpc) is 2.97. The highest BCUT2D eigenvalue weighted by Crippen LogP contribution is 2.72. The lowest BCUT2D eigenvalue weighted by Gasteiger charge is -2.22. The van der Waals surface area contributed by atoms with E-state index in [1.54, 1.807) is 4.57 Å². The molecule has 4 rings (SSSR count). The van der Waals surface area contributed by atoms with E-state index >= 15 is 0 Å². The van der Waals surface area contributed by atoms with E-state index in [1.165, 1.54) is 12.7 Å². The highest BCUT2D eigenvalue weighted by molar-refractivity contribution is 7.66. The molecule has 0 amide bonds. The molecule has 184 valence electrons. The molecule has 2 fully saturated rings. The van der Waals surface area contributed by atoms with Crippen molar-refractivity contribution in [3.8, 4) is 0 Å². The summed E-state index contributed by atoms with van der Waals surface area (Å²) in [6, 6.07) is 0. The third-order valence-corrected chi connectivity index (χ3v) is 9.21. The molecule has 0 bridgehead atoms. The lowest BCUT2D eigenvalue weighted by atomic mass is 10.00. The molecule has 18 nitrogen and oxygen atoms in total. The zero-order chi connectivity index (χ0) is 24.4. The van der Waals surface area contributed by atoms with Crippen LogP contribution in [0.5, 0.6) is 0 Å². The van der Waals surface area contributed by atoms with Gasteiger partial charge < -0.3 is 40.1 Å². The Hall–Kier alpha value is -1.36. The summed E-state index contributed by atoms with van der Waals surface area (Å²) in [6.45, 7) is -0.617. The Bertz CT molecular complexity index is 1230. The van der Waals surface area contributed by atoms with E-state index in [1.807, 2.05) is 0 Å². The van der Waals surface area contributed by atoms with Gasteiger partial charge in [-0.1, -0.05) is 0 Å². The second-order valence-electron chi connectivity index (χ2n) is 7.55. The minimum absolute atomic E-state index is 0.0299. The number of imidazole rings is 1. The monoisotopic (exact) mass is 533 g/mol. The molecule has 0 aromatic carbocycles. The molecular weight excluding hydrogens is 515 g/mol. The molecule has 6 unspecified atom stereocenters. The third-order valence-electron chi connectivity index (χ3n) is 5.59. The number of nitrogens with two attached hydrogens (primary N) is 1. The predicted octanol–water partition coefficient (Wildman–Crippen LogP) is -1.11. The minimum Gasteiger partial charge on any atom is -0.390 e. The van der Waals surface area contributed by atoms with E-state index in [2.05, 4.69) is 28.2 Å². The molecule has 21 heteroatoms. The van der Waals surface area contributed by atoms with Gasteiger partial charge in [0, 0.05) is 6.42 Å². The molecule has 2 saturated carbocycles. The maximum Gasteiger partial charge on any atom is 0.508 e. The van der Waals surface area contributed by atoms with Crippen molar-refractivity contribution in [3.63, 3.8) is 0 Å². The molecule has 0 aliphatic heterocycles. The smallest absolute Gasteiger partial charge is 0.390 e. The number of phosphoric acid groups is 3. The Morgan fingerprint density at radius 3 is 2.45 bits per heavy atom. The first-order valence-electron chi connectivity index (χ1n) is 8.87. The van der Waals surface area contributed by atoms with Crippen LogP contribution < -0.4 is 5.73 Å². The van der Waals surface area contributed by atoms with E-state index in [9.17, 15) is 28.8 Å². The fraction of sp³-hybridized carbons (Fsp3) is 0.583. The first-order valence-corrected chi connectivity index (χ1v) is 13.4. The Morgan fingerprint density at radius 1 is 1.09 bits per heavy atom. The molecule has 0 saturated heterocycles. The summed E-state index contributed by atoms with van der Waals surface area (Å²) in [7, 11) is -16.8. The normalized spacial score (nSPS) is 32.9. The van der Waals surface area contributed by atoms with Crippen molar-refractivity contribution >= 4 is 40.4 Å². The second kappa shape index (κ2) is 7.83. The Morgan fingerprint density at radius 2 is 1.79 bits per heavy atom. The van der Waals surface area contributed by atoms with Gasteiger partial charge in [-0.05, 0) is 6.42 Å². The van der Waals surface area contributed by atoms with Crippen LogP contribution in [0, 0.1) is 5.41 Å².